The van der Waals surface area contributed by atoms with E-state index in [1.165, 1.54) is 108 Å². The molecule has 0 amide bonds. The third-order valence-electron chi connectivity index (χ3n) is 14.3. The number of hydrogen-bond donors (Lipinski definition) is 0. The first-order chi connectivity index (χ1) is 27.2. The van der Waals surface area contributed by atoms with Crippen molar-refractivity contribution in [1.82, 2.24) is 4.57 Å². The van der Waals surface area contributed by atoms with E-state index in [0.717, 1.165) is 23.7 Å². The molecule has 0 radical (unpaired) electrons. The number of nitrogens with zero attached hydrogens (tertiary/aromatic N) is 2. The molecule has 3 heteroatoms. The van der Waals surface area contributed by atoms with Crippen LogP contribution in [-0.2, 0) is 5.41 Å². The molecular formula is C52H40N2S. The van der Waals surface area contributed by atoms with E-state index in [-0.39, 0.29) is 5.41 Å². The van der Waals surface area contributed by atoms with Crippen molar-refractivity contribution < 1.29 is 0 Å². The first kappa shape index (κ1) is 30.7. The lowest BCUT2D eigenvalue weighted by molar-refractivity contribution is -0.0399. The van der Waals surface area contributed by atoms with Crippen LogP contribution in [0.4, 0.5) is 17.1 Å². The van der Waals surface area contributed by atoms with Crippen LogP contribution in [0.1, 0.15) is 43.2 Å². The fraction of sp³-hybridized carbons (Fsp3) is 0.192. The fourth-order valence-electron chi connectivity index (χ4n) is 12.5. The van der Waals surface area contributed by atoms with Gasteiger partial charge in [-0.05, 0) is 145 Å². The summed E-state index contributed by atoms with van der Waals surface area (Å²) in [4.78, 5) is 2.56. The second-order valence-corrected chi connectivity index (χ2v) is 18.0. The molecule has 0 atom stereocenters. The Morgan fingerprint density at radius 3 is 1.93 bits per heavy atom. The first-order valence-electron chi connectivity index (χ1n) is 20.3. The molecule has 55 heavy (non-hydrogen) atoms. The Morgan fingerprint density at radius 2 is 1.07 bits per heavy atom. The third kappa shape index (κ3) is 4.14. The highest BCUT2D eigenvalue weighted by Gasteiger charge is 2.61. The molecule has 264 valence electrons. The molecule has 7 aromatic carbocycles. The van der Waals surface area contributed by atoms with Crippen molar-refractivity contribution in [2.75, 3.05) is 4.90 Å². The van der Waals surface area contributed by atoms with Crippen LogP contribution < -0.4 is 4.90 Å². The first-order valence-corrected chi connectivity index (χ1v) is 21.1. The Kier molecular flexibility index (Phi) is 6.25. The second kappa shape index (κ2) is 11.2. The van der Waals surface area contributed by atoms with E-state index in [1.807, 2.05) is 11.3 Å². The zero-order chi connectivity index (χ0) is 35.8. The van der Waals surface area contributed by atoms with Crippen molar-refractivity contribution in [1.29, 1.82) is 0 Å². The van der Waals surface area contributed by atoms with Gasteiger partial charge in [-0.3, -0.25) is 0 Å². The standard InChI is InChI=1S/C52H40N2S/c1-2-10-36(11-3-1)54-48-16-8-5-13-42(48)43-22-19-39(31-49(43)54)53(37-20-23-51-45(29-37)44-14-6-9-17-50(44)55-51)38-18-21-41-40-12-4-7-15-46(40)52(47(41)30-38)34-25-32-24-33(27-34)28-35(52)26-32/h1-23,29-35H,24-28H2. The summed E-state index contributed by atoms with van der Waals surface area (Å²) in [7, 11) is 0. The topological polar surface area (TPSA) is 8.17 Å². The van der Waals surface area contributed by atoms with Gasteiger partial charge in [-0.15, -0.1) is 11.3 Å². The molecule has 9 aromatic rings. The summed E-state index contributed by atoms with van der Waals surface area (Å²) in [5.41, 5.74) is 13.5. The number of benzene rings is 7. The van der Waals surface area contributed by atoms with Gasteiger partial charge in [0.2, 0.25) is 0 Å². The molecule has 2 heterocycles. The van der Waals surface area contributed by atoms with Crippen molar-refractivity contribution in [2.45, 2.75) is 37.5 Å². The Labute approximate surface area is 325 Å². The van der Waals surface area contributed by atoms with E-state index in [2.05, 4.69) is 167 Å². The van der Waals surface area contributed by atoms with Crippen LogP contribution in [-0.4, -0.2) is 4.57 Å². The van der Waals surface area contributed by atoms with Crippen LogP contribution >= 0.6 is 11.3 Å². The van der Waals surface area contributed by atoms with Gasteiger partial charge in [0, 0.05) is 59.1 Å². The molecule has 4 saturated carbocycles. The molecule has 0 saturated heterocycles. The number of fused-ring (bicyclic) bond motifs is 9. The predicted octanol–water partition coefficient (Wildman–Crippen LogP) is 14.3. The number of hydrogen-bond acceptors (Lipinski definition) is 2. The van der Waals surface area contributed by atoms with Crippen molar-refractivity contribution in [3.63, 3.8) is 0 Å². The maximum absolute atomic E-state index is 2.64. The molecule has 0 N–H and O–H groups in total. The molecule has 2 aromatic heterocycles. The molecule has 0 aliphatic heterocycles. The maximum atomic E-state index is 2.64. The minimum absolute atomic E-state index is 0.109. The minimum atomic E-state index is 0.109. The van der Waals surface area contributed by atoms with Crippen molar-refractivity contribution in [3.05, 3.63) is 169 Å². The van der Waals surface area contributed by atoms with E-state index in [9.17, 15) is 0 Å². The Hall–Kier alpha value is -5.64. The van der Waals surface area contributed by atoms with E-state index in [1.54, 1.807) is 11.1 Å². The predicted molar refractivity (Wildman–Crippen MR) is 232 cm³/mol. The highest BCUT2D eigenvalue weighted by atomic mass is 32.1. The highest BCUT2D eigenvalue weighted by Crippen LogP contribution is 2.69. The number of anilines is 3. The molecule has 4 bridgehead atoms. The van der Waals surface area contributed by atoms with Crippen molar-refractivity contribution in [2.24, 2.45) is 23.7 Å². The zero-order valence-corrected chi connectivity index (χ0v) is 31.5. The molecule has 0 unspecified atom stereocenters. The van der Waals surface area contributed by atoms with Gasteiger partial charge in [0.15, 0.2) is 0 Å². The van der Waals surface area contributed by atoms with Gasteiger partial charge in [0.25, 0.3) is 0 Å². The average molecular weight is 725 g/mol. The quantitative estimate of drug-likeness (QED) is 0.175. The second-order valence-electron chi connectivity index (χ2n) is 17.0. The van der Waals surface area contributed by atoms with E-state index in [0.29, 0.717) is 0 Å². The number of para-hydroxylation sites is 2. The summed E-state index contributed by atoms with van der Waals surface area (Å²) in [5.74, 6) is 3.28. The van der Waals surface area contributed by atoms with Gasteiger partial charge < -0.3 is 9.47 Å². The minimum Gasteiger partial charge on any atom is -0.310 e. The number of thiophene rings is 1. The van der Waals surface area contributed by atoms with Crippen LogP contribution in [0.3, 0.4) is 0 Å². The van der Waals surface area contributed by atoms with Gasteiger partial charge >= 0.3 is 0 Å². The normalized spacial score (nSPS) is 23.3. The van der Waals surface area contributed by atoms with Crippen LogP contribution in [0.25, 0.3) is 58.8 Å². The summed E-state index contributed by atoms with van der Waals surface area (Å²) in [6, 6.07) is 60.0. The van der Waals surface area contributed by atoms with Crippen molar-refractivity contribution in [3.8, 4) is 16.8 Å². The highest BCUT2D eigenvalue weighted by molar-refractivity contribution is 7.25. The third-order valence-corrected chi connectivity index (χ3v) is 15.5. The molecule has 4 fully saturated rings. The zero-order valence-electron chi connectivity index (χ0n) is 30.7. The summed E-state index contributed by atoms with van der Waals surface area (Å²) < 4.78 is 5.13. The summed E-state index contributed by atoms with van der Waals surface area (Å²) in [5, 5.41) is 5.22. The molecule has 5 aliphatic rings. The Balaban J connectivity index is 1.07. The fourth-order valence-corrected chi connectivity index (χ4v) is 13.6. The molecule has 1 spiro atoms. The SMILES string of the molecule is c1ccc(-n2c3ccccc3c3ccc(N(c4ccc5c(c4)C4(c6ccccc6-5)C5CC6CC(C5)CC4C6)c4ccc5sc6ccccc6c5c4)cc32)cc1. The number of rotatable bonds is 4. The molecular weight excluding hydrogens is 685 g/mol. The lowest BCUT2D eigenvalue weighted by Gasteiger charge is -2.61. The monoisotopic (exact) mass is 724 g/mol. The molecule has 2 nitrogen and oxygen atoms in total. The van der Waals surface area contributed by atoms with E-state index >= 15 is 0 Å². The Morgan fingerprint density at radius 1 is 0.455 bits per heavy atom. The van der Waals surface area contributed by atoms with Gasteiger partial charge in [-0.25, -0.2) is 0 Å². The van der Waals surface area contributed by atoms with Crippen LogP contribution in [0.5, 0.6) is 0 Å². The van der Waals surface area contributed by atoms with E-state index < -0.39 is 0 Å². The van der Waals surface area contributed by atoms with Gasteiger partial charge in [0.05, 0.1) is 11.0 Å². The molecule has 5 aliphatic carbocycles. The summed E-state index contributed by atoms with van der Waals surface area (Å²) in [6.45, 7) is 0. The van der Waals surface area contributed by atoms with Crippen LogP contribution in [0, 0.1) is 23.7 Å². The average Bonchev–Trinajstić information content (AvgIpc) is 3.86. The largest absolute Gasteiger partial charge is 0.310 e. The van der Waals surface area contributed by atoms with Gasteiger partial charge in [-0.2, -0.15) is 0 Å². The van der Waals surface area contributed by atoms with Crippen molar-refractivity contribution >= 4 is 70.4 Å². The van der Waals surface area contributed by atoms with Gasteiger partial charge in [-0.1, -0.05) is 91.0 Å². The summed E-state index contributed by atoms with van der Waals surface area (Å²) >= 11 is 1.89. The van der Waals surface area contributed by atoms with E-state index in [4.69, 9.17) is 0 Å². The summed E-state index contributed by atoms with van der Waals surface area (Å²) in [6.07, 6.45) is 7.01. The van der Waals surface area contributed by atoms with Crippen LogP contribution in [0.2, 0.25) is 0 Å². The van der Waals surface area contributed by atoms with Gasteiger partial charge in [0.1, 0.15) is 0 Å². The molecule has 14 rings (SSSR count). The lowest BCUT2D eigenvalue weighted by atomic mass is 9.43. The lowest BCUT2D eigenvalue weighted by Crippen LogP contribution is -2.55. The smallest absolute Gasteiger partial charge is 0.0561 e. The Bertz CT molecular complexity index is 2990. The van der Waals surface area contributed by atoms with Crippen LogP contribution in [0.15, 0.2) is 158 Å². The number of aromatic nitrogens is 1. The maximum Gasteiger partial charge on any atom is 0.0561 e.